The fourth-order valence-electron chi connectivity index (χ4n) is 1.63. The monoisotopic (exact) mass is 262 g/mol. The summed E-state index contributed by atoms with van der Waals surface area (Å²) in [5.74, 6) is 0.810. The molecule has 0 saturated carbocycles. The average molecular weight is 262 g/mol. The molecule has 0 aliphatic heterocycles. The van der Waals surface area contributed by atoms with E-state index in [2.05, 4.69) is 9.59 Å². The molecule has 1 aromatic carbocycles. The van der Waals surface area contributed by atoms with Crippen LogP contribution in [0.4, 0.5) is 0 Å². The first-order valence-corrected chi connectivity index (χ1v) is 6.41. The molecule has 0 unspecified atom stereocenters. The molecule has 0 bridgehead atoms. The van der Waals surface area contributed by atoms with Crippen molar-refractivity contribution in [2.45, 2.75) is 19.8 Å². The van der Waals surface area contributed by atoms with Crippen molar-refractivity contribution in [3.63, 3.8) is 0 Å². The Morgan fingerprint density at radius 3 is 2.83 bits per heavy atom. The van der Waals surface area contributed by atoms with Crippen LogP contribution in [-0.2, 0) is 0 Å². The molecule has 18 heavy (non-hydrogen) atoms. The Bertz CT molecular complexity index is 564. The second kappa shape index (κ2) is 5.27. The number of methoxy groups -OCH3 is 1. The summed E-state index contributed by atoms with van der Waals surface area (Å²) in [7, 11) is 1.58. The molecule has 0 N–H and O–H groups in total. The van der Waals surface area contributed by atoms with Crippen LogP contribution in [-0.4, -0.2) is 22.5 Å². The molecule has 1 heterocycles. The maximum absolute atomic E-state index is 12.4. The van der Waals surface area contributed by atoms with Crippen molar-refractivity contribution in [2.24, 2.45) is 0 Å². The molecule has 0 saturated heterocycles. The van der Waals surface area contributed by atoms with E-state index in [9.17, 15) is 4.79 Å². The number of carbonyl (C=O) groups excluding carboxylic acids is 1. The van der Waals surface area contributed by atoms with E-state index >= 15 is 0 Å². The van der Waals surface area contributed by atoms with Crippen LogP contribution in [0.1, 0.15) is 40.7 Å². The highest BCUT2D eigenvalue weighted by Crippen LogP contribution is 2.24. The van der Waals surface area contributed by atoms with Crippen LogP contribution in [0.5, 0.6) is 5.75 Å². The second-order valence-electron chi connectivity index (χ2n) is 4.20. The minimum absolute atomic E-state index is 0.0485. The zero-order valence-electron chi connectivity index (χ0n) is 10.5. The second-order valence-corrected chi connectivity index (χ2v) is 4.96. The first-order chi connectivity index (χ1) is 8.63. The minimum atomic E-state index is -0.0485. The summed E-state index contributed by atoms with van der Waals surface area (Å²) in [5, 5.41) is 4.02. The minimum Gasteiger partial charge on any atom is -0.497 e. The lowest BCUT2D eigenvalue weighted by Gasteiger charge is -2.05. The Kier molecular flexibility index (Phi) is 3.72. The number of aromatic nitrogens is 2. The molecule has 5 heteroatoms. The van der Waals surface area contributed by atoms with Crippen molar-refractivity contribution in [3.8, 4) is 5.75 Å². The van der Waals surface area contributed by atoms with Crippen LogP contribution in [0.25, 0.3) is 0 Å². The van der Waals surface area contributed by atoms with Crippen molar-refractivity contribution in [1.82, 2.24) is 9.59 Å². The molecule has 0 aliphatic carbocycles. The third-order valence-electron chi connectivity index (χ3n) is 2.60. The lowest BCUT2D eigenvalue weighted by Crippen LogP contribution is -2.04. The van der Waals surface area contributed by atoms with Gasteiger partial charge in [0, 0.05) is 5.56 Å². The maximum Gasteiger partial charge on any atom is 0.206 e. The van der Waals surface area contributed by atoms with Gasteiger partial charge in [0.05, 0.1) is 12.8 Å². The first-order valence-electron chi connectivity index (χ1n) is 5.64. The Balaban J connectivity index is 2.38. The van der Waals surface area contributed by atoms with Gasteiger partial charge in [-0.15, -0.1) is 5.10 Å². The smallest absolute Gasteiger partial charge is 0.206 e. The number of carbonyl (C=O) groups is 1. The largest absolute Gasteiger partial charge is 0.497 e. The summed E-state index contributed by atoms with van der Waals surface area (Å²) in [6, 6.07) is 7.11. The highest BCUT2D eigenvalue weighted by Gasteiger charge is 2.20. The molecule has 0 aliphatic rings. The van der Waals surface area contributed by atoms with Crippen LogP contribution in [0.3, 0.4) is 0 Å². The molecule has 0 fully saturated rings. The van der Waals surface area contributed by atoms with Crippen LogP contribution in [0.2, 0.25) is 0 Å². The maximum atomic E-state index is 12.4. The van der Waals surface area contributed by atoms with Crippen molar-refractivity contribution >= 4 is 17.3 Å². The van der Waals surface area contributed by atoms with Gasteiger partial charge < -0.3 is 4.74 Å². The van der Waals surface area contributed by atoms with Gasteiger partial charge >= 0.3 is 0 Å². The fraction of sp³-hybridized carbons (Fsp3) is 0.308. The zero-order chi connectivity index (χ0) is 13.1. The molecule has 2 rings (SSSR count). The summed E-state index contributed by atoms with van der Waals surface area (Å²) in [6.07, 6.45) is 0. The van der Waals surface area contributed by atoms with Gasteiger partial charge in [0.2, 0.25) is 5.78 Å². The molecule has 0 spiro atoms. The van der Waals surface area contributed by atoms with Crippen LogP contribution in [0, 0.1) is 0 Å². The number of ketones is 1. The molecule has 94 valence electrons. The van der Waals surface area contributed by atoms with Crippen molar-refractivity contribution in [1.29, 1.82) is 0 Å². The third-order valence-corrected chi connectivity index (χ3v) is 3.34. The summed E-state index contributed by atoms with van der Waals surface area (Å²) in [4.78, 5) is 13.0. The Morgan fingerprint density at radius 1 is 1.39 bits per heavy atom. The molecule has 0 radical (unpaired) electrons. The average Bonchev–Trinajstić information content (AvgIpc) is 2.87. The van der Waals surface area contributed by atoms with Gasteiger partial charge in [-0.25, -0.2) is 0 Å². The fourth-order valence-corrected chi connectivity index (χ4v) is 2.41. The normalized spacial score (nSPS) is 10.7. The van der Waals surface area contributed by atoms with E-state index in [0.29, 0.717) is 16.2 Å². The SMILES string of the molecule is COc1cccc(C(=O)c2snnc2C(C)C)c1. The summed E-state index contributed by atoms with van der Waals surface area (Å²) < 4.78 is 8.99. The summed E-state index contributed by atoms with van der Waals surface area (Å²) >= 11 is 1.14. The van der Waals surface area contributed by atoms with E-state index in [1.807, 2.05) is 19.9 Å². The van der Waals surface area contributed by atoms with Gasteiger partial charge in [-0.2, -0.15) is 0 Å². The van der Waals surface area contributed by atoms with Crippen LogP contribution >= 0.6 is 11.5 Å². The number of ether oxygens (including phenoxy) is 1. The molecule has 0 atom stereocenters. The topological polar surface area (TPSA) is 52.1 Å². The standard InChI is InChI=1S/C13H14N2O2S/c1-8(2)11-13(18-15-14-11)12(16)9-5-4-6-10(7-9)17-3/h4-8H,1-3H3. The van der Waals surface area contributed by atoms with Gasteiger partial charge in [0.15, 0.2) is 0 Å². The van der Waals surface area contributed by atoms with E-state index in [0.717, 1.165) is 17.2 Å². The van der Waals surface area contributed by atoms with Gasteiger partial charge in [-0.3, -0.25) is 4.79 Å². The Hall–Kier alpha value is -1.75. The number of hydrogen-bond acceptors (Lipinski definition) is 5. The van der Waals surface area contributed by atoms with E-state index in [1.54, 1.807) is 25.3 Å². The van der Waals surface area contributed by atoms with Crippen molar-refractivity contribution in [2.75, 3.05) is 7.11 Å². The van der Waals surface area contributed by atoms with E-state index < -0.39 is 0 Å². The Labute approximate surface area is 110 Å². The predicted molar refractivity (Wildman–Crippen MR) is 70.4 cm³/mol. The van der Waals surface area contributed by atoms with Crippen molar-refractivity contribution in [3.05, 3.63) is 40.4 Å². The van der Waals surface area contributed by atoms with Gasteiger partial charge in [0.1, 0.15) is 10.6 Å². The molecular formula is C13H14N2O2S. The van der Waals surface area contributed by atoms with Gasteiger partial charge in [0.25, 0.3) is 0 Å². The lowest BCUT2D eigenvalue weighted by molar-refractivity contribution is 0.104. The number of nitrogens with zero attached hydrogens (tertiary/aromatic N) is 2. The van der Waals surface area contributed by atoms with E-state index in [1.165, 1.54) is 0 Å². The number of benzene rings is 1. The summed E-state index contributed by atoms with van der Waals surface area (Å²) in [5.41, 5.74) is 1.36. The van der Waals surface area contributed by atoms with Crippen molar-refractivity contribution < 1.29 is 9.53 Å². The van der Waals surface area contributed by atoms with Gasteiger partial charge in [-0.1, -0.05) is 30.5 Å². The molecule has 4 nitrogen and oxygen atoms in total. The number of hydrogen-bond donors (Lipinski definition) is 0. The van der Waals surface area contributed by atoms with Crippen LogP contribution in [0.15, 0.2) is 24.3 Å². The lowest BCUT2D eigenvalue weighted by atomic mass is 10.0. The van der Waals surface area contributed by atoms with Gasteiger partial charge in [-0.05, 0) is 29.6 Å². The van der Waals surface area contributed by atoms with Crippen LogP contribution < -0.4 is 4.74 Å². The zero-order valence-corrected chi connectivity index (χ0v) is 11.3. The summed E-state index contributed by atoms with van der Waals surface area (Å²) in [6.45, 7) is 4.00. The first kappa shape index (κ1) is 12.7. The number of rotatable bonds is 4. The quantitative estimate of drug-likeness (QED) is 0.795. The molecule has 1 aromatic heterocycles. The van der Waals surface area contributed by atoms with E-state index in [-0.39, 0.29) is 11.7 Å². The molecule has 0 amide bonds. The highest BCUT2D eigenvalue weighted by atomic mass is 32.1. The third kappa shape index (κ3) is 2.41. The highest BCUT2D eigenvalue weighted by molar-refractivity contribution is 7.08. The predicted octanol–water partition coefficient (Wildman–Crippen LogP) is 2.90. The molecule has 2 aromatic rings. The van der Waals surface area contributed by atoms with E-state index in [4.69, 9.17) is 4.74 Å². The molecular weight excluding hydrogens is 248 g/mol. The Morgan fingerprint density at radius 2 is 2.17 bits per heavy atom.